The highest BCUT2D eigenvalue weighted by atomic mass is 79.9. The summed E-state index contributed by atoms with van der Waals surface area (Å²) in [6, 6.07) is 15.1. The second-order valence-electron chi connectivity index (χ2n) is 6.33. The van der Waals surface area contributed by atoms with E-state index >= 15 is 0 Å². The van der Waals surface area contributed by atoms with E-state index in [-0.39, 0.29) is 23.0 Å². The van der Waals surface area contributed by atoms with Crippen LogP contribution in [-0.2, 0) is 4.79 Å². The summed E-state index contributed by atoms with van der Waals surface area (Å²) in [6.45, 7) is 2.52. The smallest absolute Gasteiger partial charge is 0.264 e. The van der Waals surface area contributed by atoms with Crippen molar-refractivity contribution in [1.29, 1.82) is 5.26 Å². The van der Waals surface area contributed by atoms with Gasteiger partial charge in [-0.15, -0.1) is 0 Å². The fourth-order valence-corrected chi connectivity index (χ4v) is 3.55. The predicted molar refractivity (Wildman–Crippen MR) is 111 cm³/mol. The van der Waals surface area contributed by atoms with Crippen LogP contribution < -0.4 is 9.64 Å². The van der Waals surface area contributed by atoms with Gasteiger partial charge in [0.2, 0.25) is 0 Å². The third-order valence-electron chi connectivity index (χ3n) is 4.64. The molecule has 0 unspecified atom stereocenters. The van der Waals surface area contributed by atoms with Crippen LogP contribution in [0.2, 0.25) is 0 Å². The molecular formula is C21H20BrN3O3. The first-order chi connectivity index (χ1) is 13.5. The quantitative estimate of drug-likeness (QED) is 0.580. The lowest BCUT2D eigenvalue weighted by atomic mass is 10.1. The fourth-order valence-electron chi connectivity index (χ4n) is 3.11. The highest BCUT2D eigenvalue weighted by Gasteiger charge is 2.24. The lowest BCUT2D eigenvalue weighted by Crippen LogP contribution is -2.49. The Hall–Kier alpha value is -2.98. The van der Waals surface area contributed by atoms with Crippen LogP contribution in [0.4, 0.5) is 5.69 Å². The van der Waals surface area contributed by atoms with Gasteiger partial charge in [0, 0.05) is 36.3 Å². The zero-order valence-corrected chi connectivity index (χ0v) is 17.0. The van der Waals surface area contributed by atoms with Crippen molar-refractivity contribution in [2.24, 2.45) is 0 Å². The molecule has 0 saturated carbocycles. The number of hydrogen-bond donors (Lipinski definition) is 1. The van der Waals surface area contributed by atoms with Crippen molar-refractivity contribution in [2.75, 3.05) is 38.2 Å². The Morgan fingerprint density at radius 2 is 1.89 bits per heavy atom. The van der Waals surface area contributed by atoms with Crippen LogP contribution in [0.25, 0.3) is 6.08 Å². The van der Waals surface area contributed by atoms with Gasteiger partial charge in [0.25, 0.3) is 5.91 Å². The van der Waals surface area contributed by atoms with Crippen LogP contribution in [0, 0.1) is 11.3 Å². The molecule has 2 aromatic carbocycles. The van der Waals surface area contributed by atoms with Crippen LogP contribution in [0.1, 0.15) is 5.56 Å². The molecule has 3 rings (SSSR count). The van der Waals surface area contributed by atoms with E-state index in [9.17, 15) is 15.2 Å². The van der Waals surface area contributed by atoms with Crippen molar-refractivity contribution in [2.45, 2.75) is 0 Å². The lowest BCUT2D eigenvalue weighted by molar-refractivity contribution is -0.126. The summed E-state index contributed by atoms with van der Waals surface area (Å²) in [6.07, 6.45) is 1.51. The van der Waals surface area contributed by atoms with Gasteiger partial charge in [-0.25, -0.2) is 0 Å². The second-order valence-corrected chi connectivity index (χ2v) is 7.18. The molecule has 1 amide bonds. The van der Waals surface area contributed by atoms with E-state index in [1.807, 2.05) is 36.4 Å². The minimum absolute atomic E-state index is 0.0200. The maximum absolute atomic E-state index is 12.8. The predicted octanol–water partition coefficient (Wildman–Crippen LogP) is 3.42. The van der Waals surface area contributed by atoms with Gasteiger partial charge in [0.1, 0.15) is 11.6 Å². The molecule has 0 aromatic heterocycles. The number of nitrogens with zero attached hydrogens (tertiary/aromatic N) is 3. The minimum Gasteiger partial charge on any atom is -0.504 e. The van der Waals surface area contributed by atoms with Crippen molar-refractivity contribution in [3.63, 3.8) is 0 Å². The van der Waals surface area contributed by atoms with Gasteiger partial charge >= 0.3 is 0 Å². The molecule has 0 bridgehead atoms. The number of phenols is 1. The minimum atomic E-state index is -0.297. The Labute approximate surface area is 172 Å². The first-order valence-electron chi connectivity index (χ1n) is 8.81. The average Bonchev–Trinajstić information content (AvgIpc) is 2.73. The number of amides is 1. The molecule has 1 saturated heterocycles. The Bertz CT molecular complexity index is 930. The highest BCUT2D eigenvalue weighted by molar-refractivity contribution is 9.10. The van der Waals surface area contributed by atoms with Crippen molar-refractivity contribution < 1.29 is 14.6 Å². The van der Waals surface area contributed by atoms with E-state index in [0.29, 0.717) is 36.2 Å². The van der Waals surface area contributed by atoms with Gasteiger partial charge in [0.15, 0.2) is 11.5 Å². The molecule has 0 radical (unpaired) electrons. The maximum Gasteiger partial charge on any atom is 0.264 e. The number of rotatable bonds is 4. The number of hydrogen-bond acceptors (Lipinski definition) is 5. The van der Waals surface area contributed by atoms with Crippen molar-refractivity contribution in [1.82, 2.24) is 4.90 Å². The third-order valence-corrected chi connectivity index (χ3v) is 5.32. The number of piperazine rings is 1. The van der Waals surface area contributed by atoms with Crippen LogP contribution in [0.15, 0.2) is 52.5 Å². The van der Waals surface area contributed by atoms with Crippen LogP contribution in [0.5, 0.6) is 11.5 Å². The number of aromatic hydroxyl groups is 1. The Morgan fingerprint density at radius 1 is 1.21 bits per heavy atom. The van der Waals surface area contributed by atoms with Gasteiger partial charge in [-0.3, -0.25) is 4.79 Å². The standard InChI is InChI=1S/C21H20BrN3O3/c1-28-20-12-15(18(22)13-19(20)26)11-16(14-23)21(27)25-9-7-24(8-10-25)17-5-3-2-4-6-17/h2-6,11-13,26H,7-10H2,1H3/b16-11-. The summed E-state index contributed by atoms with van der Waals surface area (Å²) in [5.41, 5.74) is 1.76. The number of nitriles is 1. The largest absolute Gasteiger partial charge is 0.504 e. The fraction of sp³-hybridized carbons (Fsp3) is 0.238. The Morgan fingerprint density at radius 3 is 2.50 bits per heavy atom. The molecule has 2 aromatic rings. The molecular weight excluding hydrogens is 422 g/mol. The van der Waals surface area contributed by atoms with Crippen LogP contribution in [-0.4, -0.2) is 49.2 Å². The molecule has 6 nitrogen and oxygen atoms in total. The highest BCUT2D eigenvalue weighted by Crippen LogP contribution is 2.33. The number of anilines is 1. The summed E-state index contributed by atoms with van der Waals surface area (Å²) >= 11 is 3.35. The van der Waals surface area contributed by atoms with E-state index in [1.165, 1.54) is 19.3 Å². The third kappa shape index (κ3) is 4.29. The zero-order chi connectivity index (χ0) is 20.1. The number of halogens is 1. The number of carbonyl (C=O) groups excluding carboxylic acids is 1. The molecule has 28 heavy (non-hydrogen) atoms. The van der Waals surface area contributed by atoms with E-state index in [0.717, 1.165) is 5.69 Å². The topological polar surface area (TPSA) is 76.8 Å². The summed E-state index contributed by atoms with van der Waals surface area (Å²) in [7, 11) is 1.44. The summed E-state index contributed by atoms with van der Waals surface area (Å²) < 4.78 is 5.67. The van der Waals surface area contributed by atoms with E-state index in [4.69, 9.17) is 4.74 Å². The van der Waals surface area contributed by atoms with Gasteiger partial charge in [-0.2, -0.15) is 5.26 Å². The first kappa shape index (κ1) is 19.8. The lowest BCUT2D eigenvalue weighted by Gasteiger charge is -2.36. The zero-order valence-electron chi connectivity index (χ0n) is 15.4. The van der Waals surface area contributed by atoms with Crippen LogP contribution in [0.3, 0.4) is 0 Å². The molecule has 1 fully saturated rings. The Kier molecular flexibility index (Phi) is 6.22. The number of carbonyl (C=O) groups is 1. The average molecular weight is 442 g/mol. The first-order valence-corrected chi connectivity index (χ1v) is 9.60. The molecule has 7 heteroatoms. The van der Waals surface area contributed by atoms with E-state index < -0.39 is 0 Å². The molecule has 1 aliphatic heterocycles. The van der Waals surface area contributed by atoms with E-state index in [2.05, 4.69) is 20.8 Å². The molecule has 144 valence electrons. The maximum atomic E-state index is 12.8. The number of benzene rings is 2. The van der Waals surface area contributed by atoms with Gasteiger partial charge < -0.3 is 19.6 Å². The van der Waals surface area contributed by atoms with Gasteiger partial charge in [-0.05, 0) is 35.9 Å². The van der Waals surface area contributed by atoms with Crippen LogP contribution >= 0.6 is 15.9 Å². The summed E-state index contributed by atoms with van der Waals surface area (Å²) in [4.78, 5) is 16.7. The molecule has 1 heterocycles. The Balaban J connectivity index is 1.74. The number of ether oxygens (including phenoxy) is 1. The van der Waals surface area contributed by atoms with E-state index in [1.54, 1.807) is 11.0 Å². The molecule has 0 spiro atoms. The number of methoxy groups -OCH3 is 1. The summed E-state index contributed by atoms with van der Waals surface area (Å²) in [5, 5.41) is 19.3. The van der Waals surface area contributed by atoms with Crippen molar-refractivity contribution in [3.05, 3.63) is 58.1 Å². The van der Waals surface area contributed by atoms with Crippen molar-refractivity contribution >= 4 is 33.6 Å². The SMILES string of the molecule is COc1cc(/C=C(/C#N)C(=O)N2CCN(c3ccccc3)CC2)c(Br)cc1O. The monoisotopic (exact) mass is 441 g/mol. The molecule has 1 N–H and O–H groups in total. The number of para-hydroxylation sites is 1. The molecule has 0 aliphatic carbocycles. The molecule has 1 aliphatic rings. The second kappa shape index (κ2) is 8.81. The number of phenolic OH excluding ortho intramolecular Hbond substituents is 1. The van der Waals surface area contributed by atoms with Crippen molar-refractivity contribution in [3.8, 4) is 17.6 Å². The summed E-state index contributed by atoms with van der Waals surface area (Å²) in [5.74, 6) is -0.0433. The van der Waals surface area contributed by atoms with Gasteiger partial charge in [0.05, 0.1) is 7.11 Å². The van der Waals surface area contributed by atoms with Gasteiger partial charge in [-0.1, -0.05) is 34.1 Å². The normalized spacial score (nSPS) is 14.5. The molecule has 0 atom stereocenters.